The average Bonchev–Trinajstić information content (AvgIpc) is 3.00. The van der Waals surface area contributed by atoms with Crippen LogP contribution >= 0.6 is 11.8 Å². The fourth-order valence-electron chi connectivity index (χ4n) is 3.99. The Bertz CT molecular complexity index is 556. The van der Waals surface area contributed by atoms with E-state index < -0.39 is 0 Å². The van der Waals surface area contributed by atoms with Crippen molar-refractivity contribution in [3.8, 4) is 5.88 Å². The Balaban J connectivity index is 1.69. The molecule has 2 heterocycles. The normalized spacial score (nSPS) is 29.3. The molecule has 3 rings (SSSR count). The van der Waals surface area contributed by atoms with Crippen LogP contribution in [0.4, 0.5) is 0 Å². The van der Waals surface area contributed by atoms with E-state index in [1.807, 2.05) is 29.4 Å². The summed E-state index contributed by atoms with van der Waals surface area (Å²) in [5, 5.41) is 0. The number of thioether (sulfide) groups is 1. The summed E-state index contributed by atoms with van der Waals surface area (Å²) in [7, 11) is 1.78. The highest BCUT2D eigenvalue weighted by molar-refractivity contribution is 7.98. The van der Waals surface area contributed by atoms with E-state index >= 15 is 0 Å². The molecule has 2 aliphatic rings. The van der Waals surface area contributed by atoms with Crippen molar-refractivity contribution in [3.63, 3.8) is 0 Å². The molecule has 1 saturated carbocycles. The number of methoxy groups -OCH3 is 1. The van der Waals surface area contributed by atoms with Gasteiger partial charge in [0.1, 0.15) is 6.10 Å². The lowest BCUT2D eigenvalue weighted by Gasteiger charge is -2.43. The maximum Gasteiger partial charge on any atom is 0.223 e. The smallest absolute Gasteiger partial charge is 0.223 e. The summed E-state index contributed by atoms with van der Waals surface area (Å²) in [6.45, 7) is 0.794. The zero-order valence-electron chi connectivity index (χ0n) is 14.4. The molecular weight excluding hydrogens is 324 g/mol. The van der Waals surface area contributed by atoms with E-state index in [0.29, 0.717) is 12.3 Å². The predicted molar refractivity (Wildman–Crippen MR) is 95.4 cm³/mol. The highest BCUT2D eigenvalue weighted by Crippen LogP contribution is 2.43. The maximum absolute atomic E-state index is 12.6. The van der Waals surface area contributed by atoms with Crippen LogP contribution in [0, 0.1) is 0 Å². The minimum atomic E-state index is -0.195. The van der Waals surface area contributed by atoms with Gasteiger partial charge in [0.15, 0.2) is 0 Å². The van der Waals surface area contributed by atoms with Crippen LogP contribution in [0.1, 0.15) is 32.1 Å². The van der Waals surface area contributed by atoms with Crippen LogP contribution in [0.3, 0.4) is 0 Å². The first-order chi connectivity index (χ1) is 11.7. The molecule has 0 spiro atoms. The standard InChI is InChI=1S/C18H26N2O3S/c1-22-18-8-6-14(23-16-5-3-4-10-19-16)13-15(18)20(11-9-18)17(21)7-12-24-2/h3-5,10,14-15H,6-9,11-13H2,1-2H3/t14?,15?,18-/m1/s1. The third kappa shape index (κ3) is 3.54. The Labute approximate surface area is 148 Å². The third-order valence-corrected chi connectivity index (χ3v) is 5.92. The van der Waals surface area contributed by atoms with Gasteiger partial charge in [-0.15, -0.1) is 0 Å². The molecule has 1 aromatic rings. The number of hydrogen-bond donors (Lipinski definition) is 0. The first-order valence-corrected chi connectivity index (χ1v) is 9.99. The summed E-state index contributed by atoms with van der Waals surface area (Å²) < 4.78 is 12.0. The summed E-state index contributed by atoms with van der Waals surface area (Å²) >= 11 is 1.71. The van der Waals surface area contributed by atoms with Gasteiger partial charge in [0.25, 0.3) is 0 Å². The molecule has 0 radical (unpaired) electrons. The number of amides is 1. The minimum Gasteiger partial charge on any atom is -0.474 e. The van der Waals surface area contributed by atoms with Gasteiger partial charge in [-0.2, -0.15) is 11.8 Å². The van der Waals surface area contributed by atoms with Gasteiger partial charge in [-0.3, -0.25) is 4.79 Å². The molecule has 24 heavy (non-hydrogen) atoms. The molecule has 5 nitrogen and oxygen atoms in total. The molecule has 1 aliphatic carbocycles. The molecule has 1 aliphatic heterocycles. The lowest BCUT2D eigenvalue weighted by molar-refractivity contribution is -0.138. The van der Waals surface area contributed by atoms with Crippen LogP contribution in [0.25, 0.3) is 0 Å². The fraction of sp³-hybridized carbons (Fsp3) is 0.667. The van der Waals surface area contributed by atoms with Gasteiger partial charge in [0.2, 0.25) is 11.8 Å². The quantitative estimate of drug-likeness (QED) is 0.790. The summed E-state index contributed by atoms with van der Waals surface area (Å²) in [4.78, 5) is 18.9. The van der Waals surface area contributed by atoms with Crippen LogP contribution in [0.15, 0.2) is 24.4 Å². The van der Waals surface area contributed by atoms with Crippen LogP contribution in [-0.2, 0) is 9.53 Å². The van der Waals surface area contributed by atoms with E-state index in [-0.39, 0.29) is 23.7 Å². The lowest BCUT2D eigenvalue weighted by Crippen LogP contribution is -2.53. The molecule has 0 bridgehead atoms. The Kier molecular flexibility index (Phi) is 5.66. The van der Waals surface area contributed by atoms with Crippen LogP contribution in [0.5, 0.6) is 5.88 Å². The first-order valence-electron chi connectivity index (χ1n) is 8.60. The van der Waals surface area contributed by atoms with Gasteiger partial charge in [-0.1, -0.05) is 6.07 Å². The number of aromatic nitrogens is 1. The summed E-state index contributed by atoms with van der Waals surface area (Å²) in [5.74, 6) is 1.77. The Morgan fingerprint density at radius 3 is 3.04 bits per heavy atom. The number of rotatable bonds is 6. The molecule has 1 aromatic heterocycles. The summed E-state index contributed by atoms with van der Waals surface area (Å²) in [5.41, 5.74) is -0.195. The summed E-state index contributed by atoms with van der Waals surface area (Å²) in [6.07, 6.45) is 8.07. The van der Waals surface area contributed by atoms with E-state index in [4.69, 9.17) is 9.47 Å². The average molecular weight is 350 g/mol. The highest BCUT2D eigenvalue weighted by Gasteiger charge is 2.52. The van der Waals surface area contributed by atoms with Crippen molar-refractivity contribution >= 4 is 17.7 Å². The molecule has 3 atom stereocenters. The number of fused-ring (bicyclic) bond motifs is 1. The van der Waals surface area contributed by atoms with Crippen LogP contribution in [0.2, 0.25) is 0 Å². The third-order valence-electron chi connectivity index (χ3n) is 5.31. The Morgan fingerprint density at radius 2 is 2.33 bits per heavy atom. The molecule has 0 aromatic carbocycles. The van der Waals surface area contributed by atoms with Gasteiger partial charge in [-0.05, 0) is 31.6 Å². The van der Waals surface area contributed by atoms with Crippen LogP contribution < -0.4 is 4.74 Å². The number of ether oxygens (including phenoxy) is 2. The van der Waals surface area contributed by atoms with Gasteiger partial charge in [-0.25, -0.2) is 4.98 Å². The monoisotopic (exact) mass is 350 g/mol. The SMILES string of the molecule is CO[C@@]12CCC(Oc3ccccn3)CC1N(C(=O)CCSC)CC2. The van der Waals surface area contributed by atoms with Gasteiger partial charge in [0, 0.05) is 44.5 Å². The molecule has 0 N–H and O–H groups in total. The van der Waals surface area contributed by atoms with Gasteiger partial charge in [0.05, 0.1) is 11.6 Å². The largest absolute Gasteiger partial charge is 0.474 e. The lowest BCUT2D eigenvalue weighted by atomic mass is 9.79. The molecule has 6 heteroatoms. The number of carbonyl (C=O) groups excluding carboxylic acids is 1. The second-order valence-electron chi connectivity index (χ2n) is 6.55. The number of hydrogen-bond acceptors (Lipinski definition) is 5. The van der Waals surface area contributed by atoms with Crippen molar-refractivity contribution in [2.75, 3.05) is 25.7 Å². The van der Waals surface area contributed by atoms with Crippen molar-refractivity contribution in [1.82, 2.24) is 9.88 Å². The Hall–Kier alpha value is -1.27. The summed E-state index contributed by atoms with van der Waals surface area (Å²) in [6, 6.07) is 5.80. The topological polar surface area (TPSA) is 51.7 Å². The molecule has 1 amide bonds. The highest BCUT2D eigenvalue weighted by atomic mass is 32.2. The van der Waals surface area contributed by atoms with E-state index in [0.717, 1.165) is 38.0 Å². The van der Waals surface area contributed by atoms with Crippen molar-refractivity contribution < 1.29 is 14.3 Å². The molecule has 132 valence electrons. The predicted octanol–water partition coefficient (Wildman–Crippen LogP) is 2.75. The first kappa shape index (κ1) is 17.5. The van der Waals surface area contributed by atoms with Crippen LogP contribution in [-0.4, -0.2) is 59.2 Å². The van der Waals surface area contributed by atoms with E-state index in [1.165, 1.54) is 0 Å². The second kappa shape index (κ2) is 7.74. The molecule has 2 unspecified atom stereocenters. The van der Waals surface area contributed by atoms with Gasteiger partial charge < -0.3 is 14.4 Å². The molecule has 1 saturated heterocycles. The van der Waals surface area contributed by atoms with E-state index in [1.54, 1.807) is 25.1 Å². The van der Waals surface area contributed by atoms with Crippen molar-refractivity contribution in [3.05, 3.63) is 24.4 Å². The minimum absolute atomic E-state index is 0.0853. The number of pyridine rings is 1. The Morgan fingerprint density at radius 1 is 1.46 bits per heavy atom. The maximum atomic E-state index is 12.6. The molecular formula is C18H26N2O3S. The van der Waals surface area contributed by atoms with Gasteiger partial charge >= 0.3 is 0 Å². The number of likely N-dealkylation sites (tertiary alicyclic amines) is 1. The van der Waals surface area contributed by atoms with Crippen molar-refractivity contribution in [2.45, 2.75) is 49.9 Å². The van der Waals surface area contributed by atoms with Crippen molar-refractivity contribution in [1.29, 1.82) is 0 Å². The number of nitrogens with zero attached hydrogens (tertiary/aromatic N) is 2. The zero-order chi connectivity index (χ0) is 17.0. The second-order valence-corrected chi connectivity index (χ2v) is 7.53. The van der Waals surface area contributed by atoms with E-state index in [2.05, 4.69) is 4.98 Å². The zero-order valence-corrected chi connectivity index (χ0v) is 15.3. The number of carbonyl (C=O) groups is 1. The van der Waals surface area contributed by atoms with E-state index in [9.17, 15) is 4.79 Å². The molecule has 2 fully saturated rings. The fourth-order valence-corrected chi connectivity index (χ4v) is 4.37. The van der Waals surface area contributed by atoms with Crippen molar-refractivity contribution in [2.24, 2.45) is 0 Å².